The van der Waals surface area contributed by atoms with Crippen LogP contribution in [0.1, 0.15) is 0 Å². The highest BCUT2D eigenvalue weighted by molar-refractivity contribution is 5.76. The SMILES string of the molecule is O=C(O)COn1cnc2ccccc2c1=O. The quantitative estimate of drug-likeness (QED) is 0.781. The van der Waals surface area contributed by atoms with E-state index in [9.17, 15) is 9.59 Å². The van der Waals surface area contributed by atoms with Crippen molar-refractivity contribution in [2.45, 2.75) is 0 Å². The number of carboxylic acid groups (broad SMARTS) is 1. The van der Waals surface area contributed by atoms with E-state index >= 15 is 0 Å². The molecule has 82 valence electrons. The zero-order valence-corrected chi connectivity index (χ0v) is 8.16. The molecule has 2 rings (SSSR count). The second kappa shape index (κ2) is 4.01. The lowest BCUT2D eigenvalue weighted by Gasteiger charge is -2.05. The summed E-state index contributed by atoms with van der Waals surface area (Å²) in [7, 11) is 0. The smallest absolute Gasteiger partial charge is 0.344 e. The van der Waals surface area contributed by atoms with Crippen molar-refractivity contribution in [3.05, 3.63) is 40.9 Å². The summed E-state index contributed by atoms with van der Waals surface area (Å²) in [6.07, 6.45) is 1.16. The number of hydrogen-bond donors (Lipinski definition) is 1. The Bertz CT molecular complexity index is 591. The molecule has 1 N–H and O–H groups in total. The van der Waals surface area contributed by atoms with Gasteiger partial charge in [0.05, 0.1) is 10.9 Å². The van der Waals surface area contributed by atoms with Crippen molar-refractivity contribution < 1.29 is 14.7 Å². The van der Waals surface area contributed by atoms with E-state index in [-0.39, 0.29) is 0 Å². The minimum absolute atomic E-state index is 0.385. The van der Waals surface area contributed by atoms with Gasteiger partial charge in [-0.05, 0) is 12.1 Å². The number of hydrogen-bond acceptors (Lipinski definition) is 4. The highest BCUT2D eigenvalue weighted by atomic mass is 16.7. The summed E-state index contributed by atoms with van der Waals surface area (Å²) in [4.78, 5) is 30.7. The van der Waals surface area contributed by atoms with Gasteiger partial charge in [0.1, 0.15) is 6.33 Å². The van der Waals surface area contributed by atoms with Gasteiger partial charge in [-0.25, -0.2) is 9.78 Å². The maximum Gasteiger partial charge on any atom is 0.344 e. The molecule has 0 saturated carbocycles. The van der Waals surface area contributed by atoms with Gasteiger partial charge in [0.25, 0.3) is 5.56 Å². The molecule has 0 saturated heterocycles. The first kappa shape index (κ1) is 10.2. The first-order valence-electron chi connectivity index (χ1n) is 4.50. The van der Waals surface area contributed by atoms with E-state index in [1.165, 1.54) is 0 Å². The van der Waals surface area contributed by atoms with Gasteiger partial charge < -0.3 is 9.94 Å². The minimum atomic E-state index is -1.15. The summed E-state index contributed by atoms with van der Waals surface area (Å²) in [5.74, 6) is -1.15. The number of rotatable bonds is 3. The Kier molecular flexibility index (Phi) is 2.55. The van der Waals surface area contributed by atoms with Crippen molar-refractivity contribution in [3.63, 3.8) is 0 Å². The first-order valence-corrected chi connectivity index (χ1v) is 4.50. The van der Waals surface area contributed by atoms with Crippen molar-refractivity contribution in [1.82, 2.24) is 9.71 Å². The molecule has 0 aliphatic carbocycles. The molecule has 6 nitrogen and oxygen atoms in total. The average Bonchev–Trinajstić information content (AvgIpc) is 2.28. The molecule has 0 amide bonds. The Labute approximate surface area is 89.7 Å². The Morgan fingerprint density at radius 1 is 1.44 bits per heavy atom. The van der Waals surface area contributed by atoms with Gasteiger partial charge in [-0.15, -0.1) is 4.73 Å². The highest BCUT2D eigenvalue weighted by Gasteiger charge is 2.05. The predicted molar refractivity (Wildman–Crippen MR) is 55.1 cm³/mol. The molecule has 6 heteroatoms. The Hall–Kier alpha value is -2.37. The second-order valence-corrected chi connectivity index (χ2v) is 3.06. The molecule has 2 aromatic rings. The summed E-state index contributed by atoms with van der Waals surface area (Å²) in [5.41, 5.74) is 0.120. The van der Waals surface area contributed by atoms with Crippen LogP contribution in [-0.4, -0.2) is 27.4 Å². The molecule has 16 heavy (non-hydrogen) atoms. The molecular formula is C10H8N2O4. The predicted octanol–water partition coefficient (Wildman–Crippen LogP) is -0.0903. The van der Waals surface area contributed by atoms with Crippen LogP contribution in [0, 0.1) is 0 Å². The molecule has 0 unspecified atom stereocenters. The van der Waals surface area contributed by atoms with Crippen LogP contribution in [0.2, 0.25) is 0 Å². The molecule has 1 aromatic carbocycles. The molecule has 1 heterocycles. The van der Waals surface area contributed by atoms with Gasteiger partial charge in [0, 0.05) is 0 Å². The van der Waals surface area contributed by atoms with Gasteiger partial charge >= 0.3 is 5.97 Å². The van der Waals surface area contributed by atoms with Gasteiger partial charge in [-0.1, -0.05) is 12.1 Å². The molecule has 0 spiro atoms. The van der Waals surface area contributed by atoms with Crippen molar-refractivity contribution in [2.75, 3.05) is 6.61 Å². The van der Waals surface area contributed by atoms with E-state index in [1.807, 2.05) is 0 Å². The standard InChI is InChI=1S/C10H8N2O4/c13-9(14)5-16-12-6-11-8-4-2-1-3-7(8)10(12)15/h1-4,6H,5H2,(H,13,14). The van der Waals surface area contributed by atoms with E-state index in [2.05, 4.69) is 4.98 Å². The Morgan fingerprint density at radius 2 is 2.19 bits per heavy atom. The van der Waals surface area contributed by atoms with E-state index in [0.717, 1.165) is 11.1 Å². The molecule has 0 fully saturated rings. The van der Waals surface area contributed by atoms with Crippen molar-refractivity contribution >= 4 is 16.9 Å². The van der Waals surface area contributed by atoms with Crippen LogP contribution in [0.25, 0.3) is 10.9 Å². The number of benzene rings is 1. The molecular weight excluding hydrogens is 212 g/mol. The largest absolute Gasteiger partial charge is 0.479 e. The minimum Gasteiger partial charge on any atom is -0.479 e. The third kappa shape index (κ3) is 1.85. The summed E-state index contributed by atoms with van der Waals surface area (Å²) in [5, 5.41) is 8.80. The molecule has 0 atom stereocenters. The normalized spacial score (nSPS) is 10.2. The lowest BCUT2D eigenvalue weighted by atomic mass is 10.2. The number of nitrogens with zero attached hydrogens (tertiary/aromatic N) is 2. The first-order chi connectivity index (χ1) is 7.68. The van der Waals surface area contributed by atoms with Crippen LogP contribution in [0.4, 0.5) is 0 Å². The topological polar surface area (TPSA) is 81.4 Å². The lowest BCUT2D eigenvalue weighted by molar-refractivity contribution is -0.142. The van der Waals surface area contributed by atoms with E-state index in [0.29, 0.717) is 10.9 Å². The van der Waals surface area contributed by atoms with Gasteiger partial charge in [-0.2, -0.15) is 0 Å². The Balaban J connectivity index is 2.45. The fourth-order valence-electron chi connectivity index (χ4n) is 1.27. The monoisotopic (exact) mass is 220 g/mol. The van der Waals surface area contributed by atoms with E-state index < -0.39 is 18.1 Å². The molecule has 0 aliphatic heterocycles. The molecule has 0 bridgehead atoms. The van der Waals surface area contributed by atoms with Gasteiger partial charge in [0.15, 0.2) is 0 Å². The van der Waals surface area contributed by atoms with Crippen LogP contribution < -0.4 is 10.4 Å². The fraction of sp³-hybridized carbons (Fsp3) is 0.100. The zero-order chi connectivity index (χ0) is 11.5. The number of carboxylic acids is 1. The van der Waals surface area contributed by atoms with Crippen molar-refractivity contribution in [3.8, 4) is 0 Å². The molecule has 0 aliphatic rings. The van der Waals surface area contributed by atoms with Crippen LogP contribution in [0.5, 0.6) is 0 Å². The summed E-state index contributed by atoms with van der Waals surface area (Å²) < 4.78 is 0.816. The average molecular weight is 220 g/mol. The van der Waals surface area contributed by atoms with Crippen LogP contribution in [0.3, 0.4) is 0 Å². The van der Waals surface area contributed by atoms with Gasteiger partial charge in [0.2, 0.25) is 6.61 Å². The lowest BCUT2D eigenvalue weighted by Crippen LogP contribution is -2.30. The van der Waals surface area contributed by atoms with Crippen molar-refractivity contribution in [2.24, 2.45) is 0 Å². The summed E-state index contributed by atoms with van der Waals surface area (Å²) >= 11 is 0. The zero-order valence-electron chi connectivity index (χ0n) is 8.16. The van der Waals surface area contributed by atoms with Crippen LogP contribution in [0.15, 0.2) is 35.4 Å². The maximum absolute atomic E-state index is 11.7. The fourth-order valence-corrected chi connectivity index (χ4v) is 1.27. The highest BCUT2D eigenvalue weighted by Crippen LogP contribution is 2.03. The van der Waals surface area contributed by atoms with E-state index in [4.69, 9.17) is 9.94 Å². The summed E-state index contributed by atoms with van der Waals surface area (Å²) in [6, 6.07) is 6.76. The Morgan fingerprint density at radius 3 is 2.94 bits per heavy atom. The second-order valence-electron chi connectivity index (χ2n) is 3.06. The van der Waals surface area contributed by atoms with Crippen molar-refractivity contribution in [1.29, 1.82) is 0 Å². The third-order valence-electron chi connectivity index (χ3n) is 1.96. The van der Waals surface area contributed by atoms with Gasteiger partial charge in [-0.3, -0.25) is 4.79 Å². The summed E-state index contributed by atoms with van der Waals surface area (Å²) in [6.45, 7) is -0.583. The number of para-hydroxylation sites is 1. The number of aromatic nitrogens is 2. The third-order valence-corrected chi connectivity index (χ3v) is 1.96. The number of carbonyl (C=O) groups is 1. The van der Waals surface area contributed by atoms with Crippen LogP contribution >= 0.6 is 0 Å². The van der Waals surface area contributed by atoms with E-state index in [1.54, 1.807) is 24.3 Å². The molecule has 1 aromatic heterocycles. The number of aliphatic carboxylic acids is 1. The molecule has 0 radical (unpaired) electrons. The number of fused-ring (bicyclic) bond motifs is 1. The van der Waals surface area contributed by atoms with Crippen LogP contribution in [-0.2, 0) is 4.79 Å². The maximum atomic E-state index is 11.7.